The van der Waals surface area contributed by atoms with Crippen molar-refractivity contribution in [3.63, 3.8) is 0 Å². The van der Waals surface area contributed by atoms with Crippen LogP contribution in [-0.2, 0) is 10.3 Å². The van der Waals surface area contributed by atoms with Crippen molar-refractivity contribution in [1.29, 1.82) is 0 Å². The molecule has 2 fully saturated rings. The first-order valence-corrected chi connectivity index (χ1v) is 13.1. The molecular weight excluding hydrogens is 474 g/mol. The number of nitrogens with one attached hydrogen (secondary N) is 1. The van der Waals surface area contributed by atoms with Crippen molar-refractivity contribution in [2.45, 2.75) is 31.3 Å². The molecule has 3 aliphatic rings. The molecule has 1 spiro atoms. The van der Waals surface area contributed by atoms with Crippen LogP contribution >= 0.6 is 11.8 Å². The van der Waals surface area contributed by atoms with Gasteiger partial charge >= 0.3 is 0 Å². The van der Waals surface area contributed by atoms with Crippen LogP contribution in [-0.4, -0.2) is 39.2 Å². The van der Waals surface area contributed by atoms with Crippen LogP contribution in [0.5, 0.6) is 0 Å². The number of hydrogen-bond donors (Lipinski definition) is 1. The monoisotopic (exact) mass is 499 g/mol. The predicted molar refractivity (Wildman–Crippen MR) is 139 cm³/mol. The molecule has 0 radical (unpaired) electrons. The first-order valence-electron chi connectivity index (χ1n) is 11.9. The summed E-state index contributed by atoms with van der Waals surface area (Å²) in [5.74, 6) is 0.164. The van der Waals surface area contributed by atoms with E-state index < -0.39 is 16.4 Å². The zero-order chi connectivity index (χ0) is 25.2. The molecule has 36 heavy (non-hydrogen) atoms. The number of ketones is 1. The number of non-ortho nitro benzene ring substituents is 1. The topological polar surface area (TPSA) is 92.5 Å². The van der Waals surface area contributed by atoms with E-state index >= 15 is 0 Å². The second-order valence-corrected chi connectivity index (χ2v) is 10.9. The van der Waals surface area contributed by atoms with Gasteiger partial charge in [-0.1, -0.05) is 59.7 Å². The summed E-state index contributed by atoms with van der Waals surface area (Å²) in [6, 6.07) is 19.8. The minimum Gasteiger partial charge on any atom is -0.324 e. The zero-order valence-electron chi connectivity index (χ0n) is 19.9. The predicted octanol–water partition coefficient (Wildman–Crippen LogP) is 5.03. The molecule has 1 amide bonds. The molecule has 0 unspecified atom stereocenters. The number of amides is 1. The van der Waals surface area contributed by atoms with Gasteiger partial charge in [-0.15, -0.1) is 11.8 Å². The van der Waals surface area contributed by atoms with Crippen molar-refractivity contribution in [3.8, 4) is 0 Å². The highest BCUT2D eigenvalue weighted by Crippen LogP contribution is 2.61. The lowest BCUT2D eigenvalue weighted by Gasteiger charge is -2.36. The Kier molecular flexibility index (Phi) is 5.28. The smallest absolute Gasteiger partial charge is 0.269 e. The van der Waals surface area contributed by atoms with Gasteiger partial charge in [0.15, 0.2) is 5.78 Å². The molecule has 2 saturated heterocycles. The summed E-state index contributed by atoms with van der Waals surface area (Å²) in [7, 11) is 0. The van der Waals surface area contributed by atoms with E-state index in [1.807, 2.05) is 56.3 Å². The Morgan fingerprint density at radius 3 is 2.44 bits per heavy atom. The van der Waals surface area contributed by atoms with Crippen molar-refractivity contribution in [3.05, 3.63) is 105 Å². The maximum absolute atomic E-state index is 14.4. The summed E-state index contributed by atoms with van der Waals surface area (Å²) in [6.07, 6.45) is 0. The molecule has 0 aromatic heterocycles. The van der Waals surface area contributed by atoms with E-state index in [0.29, 0.717) is 11.4 Å². The van der Waals surface area contributed by atoms with Crippen LogP contribution in [0.3, 0.4) is 0 Å². The van der Waals surface area contributed by atoms with Gasteiger partial charge in [0.05, 0.1) is 10.8 Å². The second-order valence-electron chi connectivity index (χ2n) is 9.89. The van der Waals surface area contributed by atoms with Crippen LogP contribution in [0.25, 0.3) is 0 Å². The standard InChI is InChI=1S/C28H25N3O4S/c1-16-3-6-19(7-4-16)26(32)25-24(18-8-10-20(11-9-18)31(34)35)23-14-36-15-30(23)28(25)21-13-17(2)5-12-22(21)29-27(28)33/h3-13,23-25H,14-15H2,1-2H3,(H,29,33)/t23-,24+,25+,28-/m1/s1. The molecular formula is C28H25N3O4S. The molecule has 4 atom stereocenters. The Morgan fingerprint density at radius 1 is 1.06 bits per heavy atom. The summed E-state index contributed by atoms with van der Waals surface area (Å²) >= 11 is 1.75. The Labute approximate surface area is 213 Å². The molecule has 7 nitrogen and oxygen atoms in total. The number of nitro benzene ring substituents is 1. The minimum atomic E-state index is -1.15. The maximum atomic E-state index is 14.4. The number of Topliss-reactive ketones (excluding diaryl/α,β-unsaturated/α-hetero) is 1. The number of nitro groups is 1. The third-order valence-corrected chi connectivity index (χ3v) is 8.92. The third kappa shape index (κ3) is 3.17. The fourth-order valence-corrected chi connectivity index (χ4v) is 7.60. The Balaban J connectivity index is 1.59. The van der Waals surface area contributed by atoms with Crippen molar-refractivity contribution in [2.75, 3.05) is 16.9 Å². The molecule has 3 aromatic rings. The number of carbonyl (C=O) groups excluding carboxylic acids is 2. The molecule has 3 aliphatic heterocycles. The fraction of sp³-hybridized carbons (Fsp3) is 0.286. The highest BCUT2D eigenvalue weighted by molar-refractivity contribution is 7.99. The van der Waals surface area contributed by atoms with Gasteiger partial charge < -0.3 is 5.32 Å². The number of anilines is 1. The number of thioether (sulfide) groups is 1. The van der Waals surface area contributed by atoms with Crippen LogP contribution in [0.15, 0.2) is 66.7 Å². The van der Waals surface area contributed by atoms with Gasteiger partial charge in [0.25, 0.3) is 5.69 Å². The number of fused-ring (bicyclic) bond motifs is 4. The summed E-state index contributed by atoms with van der Waals surface area (Å²) in [5.41, 5.74) is 3.93. The molecule has 0 aliphatic carbocycles. The largest absolute Gasteiger partial charge is 0.324 e. The highest BCUT2D eigenvalue weighted by Gasteiger charge is 2.69. The average Bonchev–Trinajstić information content (AvgIpc) is 3.52. The van der Waals surface area contributed by atoms with E-state index in [2.05, 4.69) is 10.2 Å². The van der Waals surface area contributed by atoms with Gasteiger partial charge in [-0.2, -0.15) is 0 Å². The zero-order valence-corrected chi connectivity index (χ0v) is 20.7. The van der Waals surface area contributed by atoms with Crippen LogP contribution in [0, 0.1) is 29.9 Å². The lowest BCUT2D eigenvalue weighted by Crippen LogP contribution is -2.52. The molecule has 3 aromatic carbocycles. The van der Waals surface area contributed by atoms with E-state index in [-0.39, 0.29) is 29.3 Å². The Morgan fingerprint density at radius 2 is 1.75 bits per heavy atom. The molecule has 1 N–H and O–H groups in total. The average molecular weight is 500 g/mol. The van der Waals surface area contributed by atoms with Crippen LogP contribution in [0.4, 0.5) is 11.4 Å². The highest BCUT2D eigenvalue weighted by atomic mass is 32.2. The summed E-state index contributed by atoms with van der Waals surface area (Å²) < 4.78 is 0. The van der Waals surface area contributed by atoms with Gasteiger partial charge in [-0.25, -0.2) is 0 Å². The second kappa shape index (κ2) is 8.28. The SMILES string of the molecule is Cc1ccc(C(=O)[C@@H]2[C@@H](c3ccc([N+](=O)[O-])cc3)[C@H]3CSCN3[C@@]23C(=O)Nc2ccc(C)cc23)cc1. The molecule has 6 rings (SSSR count). The number of rotatable bonds is 4. The number of aryl methyl sites for hydroxylation is 2. The summed E-state index contributed by atoms with van der Waals surface area (Å²) in [4.78, 5) is 41.5. The van der Waals surface area contributed by atoms with E-state index in [4.69, 9.17) is 0 Å². The van der Waals surface area contributed by atoms with Crippen molar-refractivity contribution in [1.82, 2.24) is 4.90 Å². The molecule has 182 valence electrons. The van der Waals surface area contributed by atoms with Crippen LogP contribution < -0.4 is 5.32 Å². The van der Waals surface area contributed by atoms with Crippen LogP contribution in [0.1, 0.15) is 38.5 Å². The van der Waals surface area contributed by atoms with Gasteiger partial charge in [0, 0.05) is 52.5 Å². The summed E-state index contributed by atoms with van der Waals surface area (Å²) in [5, 5.41) is 14.4. The first-order chi connectivity index (χ1) is 17.3. The lowest BCUT2D eigenvalue weighted by atomic mass is 9.69. The van der Waals surface area contributed by atoms with E-state index in [1.54, 1.807) is 23.9 Å². The van der Waals surface area contributed by atoms with Gasteiger partial charge in [0.1, 0.15) is 5.54 Å². The van der Waals surface area contributed by atoms with E-state index in [9.17, 15) is 19.7 Å². The number of benzene rings is 3. The molecule has 0 bridgehead atoms. The van der Waals surface area contributed by atoms with Crippen molar-refractivity contribution in [2.24, 2.45) is 5.92 Å². The maximum Gasteiger partial charge on any atom is 0.269 e. The minimum absolute atomic E-state index is 0.00473. The van der Waals surface area contributed by atoms with E-state index in [0.717, 1.165) is 33.7 Å². The quantitative estimate of drug-likeness (QED) is 0.308. The fourth-order valence-electron chi connectivity index (χ4n) is 6.28. The van der Waals surface area contributed by atoms with Crippen molar-refractivity contribution >= 4 is 34.8 Å². The summed E-state index contributed by atoms with van der Waals surface area (Å²) in [6.45, 7) is 3.97. The van der Waals surface area contributed by atoms with E-state index in [1.165, 1.54) is 12.1 Å². The van der Waals surface area contributed by atoms with Gasteiger partial charge in [-0.3, -0.25) is 24.6 Å². The first kappa shape index (κ1) is 22.9. The number of carbonyl (C=O) groups is 2. The van der Waals surface area contributed by atoms with Crippen LogP contribution in [0.2, 0.25) is 0 Å². The third-order valence-electron chi connectivity index (χ3n) is 7.88. The molecule has 8 heteroatoms. The lowest BCUT2D eigenvalue weighted by molar-refractivity contribution is -0.384. The van der Waals surface area contributed by atoms with Gasteiger partial charge in [0.2, 0.25) is 5.91 Å². The number of hydrogen-bond acceptors (Lipinski definition) is 6. The normalized spacial score (nSPS) is 26.6. The molecule has 0 saturated carbocycles. The Hall–Kier alpha value is -3.49. The number of nitrogens with zero attached hydrogens (tertiary/aromatic N) is 2. The van der Waals surface area contributed by atoms with Crippen molar-refractivity contribution < 1.29 is 14.5 Å². The Bertz CT molecular complexity index is 1410. The molecule has 3 heterocycles. The van der Waals surface area contributed by atoms with Gasteiger partial charge in [-0.05, 0) is 25.5 Å².